The molecule has 130 valence electrons. The van der Waals surface area contributed by atoms with Crippen LogP contribution in [0.1, 0.15) is 70.6 Å². The molecule has 1 aromatic heterocycles. The Bertz CT molecular complexity index is 513. The molecule has 7 heteroatoms. The van der Waals surface area contributed by atoms with Crippen molar-refractivity contribution in [1.29, 1.82) is 0 Å². The van der Waals surface area contributed by atoms with Crippen LogP contribution in [0.2, 0.25) is 0 Å². The number of aliphatic hydroxyl groups excluding tert-OH is 1. The van der Waals surface area contributed by atoms with Gasteiger partial charge in [0.1, 0.15) is 6.04 Å². The number of carbonyl (C=O) groups excluding carboxylic acids is 1. The summed E-state index contributed by atoms with van der Waals surface area (Å²) in [6, 6.07) is -0.673. The van der Waals surface area contributed by atoms with Gasteiger partial charge in [-0.1, -0.05) is 39.3 Å². The molecule has 0 aromatic carbocycles. The van der Waals surface area contributed by atoms with Crippen LogP contribution in [0.25, 0.3) is 0 Å². The van der Waals surface area contributed by atoms with E-state index >= 15 is 0 Å². The van der Waals surface area contributed by atoms with E-state index in [1.165, 1.54) is 0 Å². The molecule has 2 amide bonds. The molecule has 0 aliphatic heterocycles. The average Bonchev–Trinajstić information content (AvgIpc) is 3.27. The van der Waals surface area contributed by atoms with Gasteiger partial charge in [-0.3, -0.25) is 0 Å². The second kappa shape index (κ2) is 7.77. The van der Waals surface area contributed by atoms with E-state index in [1.54, 1.807) is 0 Å². The van der Waals surface area contributed by atoms with E-state index in [4.69, 9.17) is 4.52 Å². The Kier molecular flexibility index (Phi) is 5.98. The number of amides is 2. The number of nitrogens with zero attached hydrogens (tertiary/aromatic N) is 2. The van der Waals surface area contributed by atoms with E-state index < -0.39 is 6.10 Å². The quantitative estimate of drug-likeness (QED) is 0.681. The van der Waals surface area contributed by atoms with E-state index in [0.29, 0.717) is 11.8 Å². The lowest BCUT2D eigenvalue weighted by molar-refractivity contribution is 0.114. The van der Waals surface area contributed by atoms with Crippen LogP contribution in [0.5, 0.6) is 0 Å². The molecule has 0 radical (unpaired) electrons. The summed E-state index contributed by atoms with van der Waals surface area (Å²) in [5, 5.41) is 19.5. The molecule has 3 atom stereocenters. The van der Waals surface area contributed by atoms with Crippen molar-refractivity contribution in [3.05, 3.63) is 11.7 Å². The van der Waals surface area contributed by atoms with Crippen LogP contribution in [0.15, 0.2) is 4.52 Å². The topological polar surface area (TPSA) is 100 Å². The SMILES string of the molecule is CCC(C)C(O)CNC(=O)NC(c1nc(C2CC2)no1)C(C)C. The van der Waals surface area contributed by atoms with Gasteiger partial charge in [-0.25, -0.2) is 4.79 Å². The fourth-order valence-electron chi connectivity index (χ4n) is 2.26. The Balaban J connectivity index is 1.89. The van der Waals surface area contributed by atoms with Gasteiger partial charge in [0, 0.05) is 12.5 Å². The number of urea groups is 1. The molecule has 3 unspecified atom stereocenters. The molecule has 1 aromatic rings. The van der Waals surface area contributed by atoms with Gasteiger partial charge in [0.15, 0.2) is 5.82 Å². The third-order valence-electron chi connectivity index (χ3n) is 4.39. The number of hydrogen-bond donors (Lipinski definition) is 3. The first-order valence-electron chi connectivity index (χ1n) is 8.48. The second-order valence-electron chi connectivity index (χ2n) is 6.79. The minimum absolute atomic E-state index is 0.118. The van der Waals surface area contributed by atoms with Gasteiger partial charge in [-0.2, -0.15) is 4.98 Å². The highest BCUT2D eigenvalue weighted by atomic mass is 16.5. The zero-order valence-corrected chi connectivity index (χ0v) is 14.4. The highest BCUT2D eigenvalue weighted by Crippen LogP contribution is 2.38. The number of hydrogen-bond acceptors (Lipinski definition) is 5. The number of rotatable bonds is 8. The molecule has 23 heavy (non-hydrogen) atoms. The number of nitrogens with one attached hydrogen (secondary N) is 2. The molecule has 0 saturated heterocycles. The Labute approximate surface area is 137 Å². The molecule has 3 N–H and O–H groups in total. The van der Waals surface area contributed by atoms with Crippen LogP contribution in [0, 0.1) is 11.8 Å². The lowest BCUT2D eigenvalue weighted by atomic mass is 10.0. The lowest BCUT2D eigenvalue weighted by Crippen LogP contribution is -2.43. The maximum atomic E-state index is 12.1. The minimum Gasteiger partial charge on any atom is -0.391 e. The summed E-state index contributed by atoms with van der Waals surface area (Å²) in [6.07, 6.45) is 2.53. The first-order chi connectivity index (χ1) is 10.9. The van der Waals surface area contributed by atoms with Crippen molar-refractivity contribution in [2.75, 3.05) is 6.54 Å². The van der Waals surface area contributed by atoms with Gasteiger partial charge in [-0.15, -0.1) is 0 Å². The number of carbonyl (C=O) groups is 1. The van der Waals surface area contributed by atoms with Crippen molar-refractivity contribution in [3.8, 4) is 0 Å². The maximum absolute atomic E-state index is 12.1. The van der Waals surface area contributed by atoms with Crippen molar-refractivity contribution in [2.24, 2.45) is 11.8 Å². The molecule has 1 aliphatic rings. The number of aromatic nitrogens is 2. The van der Waals surface area contributed by atoms with E-state index in [-0.39, 0.29) is 30.5 Å². The molecule has 0 bridgehead atoms. The Morgan fingerprint density at radius 2 is 2.09 bits per heavy atom. The first kappa shape index (κ1) is 17.7. The van der Waals surface area contributed by atoms with Crippen LogP contribution in [-0.2, 0) is 0 Å². The molecular formula is C16H28N4O3. The fraction of sp³-hybridized carbons (Fsp3) is 0.812. The van der Waals surface area contributed by atoms with E-state index in [1.807, 2.05) is 27.7 Å². The first-order valence-corrected chi connectivity index (χ1v) is 8.48. The molecule has 2 rings (SSSR count). The van der Waals surface area contributed by atoms with Crippen LogP contribution < -0.4 is 10.6 Å². The summed E-state index contributed by atoms with van der Waals surface area (Å²) in [5.74, 6) is 1.86. The smallest absolute Gasteiger partial charge is 0.315 e. The lowest BCUT2D eigenvalue weighted by Gasteiger charge is -2.21. The third kappa shape index (κ3) is 4.92. The van der Waals surface area contributed by atoms with Gasteiger partial charge in [0.25, 0.3) is 0 Å². The summed E-state index contributed by atoms with van der Waals surface area (Å²) in [4.78, 5) is 16.5. The normalized spacial score (nSPS) is 18.5. The monoisotopic (exact) mass is 324 g/mol. The van der Waals surface area contributed by atoms with E-state index in [0.717, 1.165) is 25.1 Å². The molecule has 1 saturated carbocycles. The van der Waals surface area contributed by atoms with Gasteiger partial charge >= 0.3 is 6.03 Å². The summed E-state index contributed by atoms with van der Waals surface area (Å²) < 4.78 is 5.32. The van der Waals surface area contributed by atoms with Crippen molar-refractivity contribution >= 4 is 6.03 Å². The highest BCUT2D eigenvalue weighted by molar-refractivity contribution is 5.74. The maximum Gasteiger partial charge on any atom is 0.315 e. The molecular weight excluding hydrogens is 296 g/mol. The number of aliphatic hydroxyl groups is 1. The van der Waals surface area contributed by atoms with Crippen molar-refractivity contribution in [1.82, 2.24) is 20.8 Å². The predicted molar refractivity (Wildman–Crippen MR) is 85.8 cm³/mol. The predicted octanol–water partition coefficient (Wildman–Crippen LogP) is 2.35. The third-order valence-corrected chi connectivity index (χ3v) is 4.39. The summed E-state index contributed by atoms with van der Waals surface area (Å²) >= 11 is 0. The summed E-state index contributed by atoms with van der Waals surface area (Å²) in [7, 11) is 0. The van der Waals surface area contributed by atoms with Crippen LogP contribution >= 0.6 is 0 Å². The van der Waals surface area contributed by atoms with Crippen LogP contribution in [0.4, 0.5) is 4.79 Å². The average molecular weight is 324 g/mol. The Morgan fingerprint density at radius 3 is 2.65 bits per heavy atom. The standard InChI is InChI=1S/C16H28N4O3/c1-5-10(4)12(21)8-17-16(22)18-13(9(2)3)15-19-14(20-23-15)11-6-7-11/h9-13,21H,5-8H2,1-4H3,(H2,17,18,22). The van der Waals surface area contributed by atoms with Crippen molar-refractivity contribution in [3.63, 3.8) is 0 Å². The second-order valence-corrected chi connectivity index (χ2v) is 6.79. The molecule has 1 aliphatic carbocycles. The minimum atomic E-state index is -0.548. The molecule has 0 spiro atoms. The zero-order valence-electron chi connectivity index (χ0n) is 14.4. The zero-order chi connectivity index (χ0) is 17.0. The highest BCUT2D eigenvalue weighted by Gasteiger charge is 2.31. The van der Waals surface area contributed by atoms with Crippen LogP contribution in [0.3, 0.4) is 0 Å². The summed E-state index contributed by atoms with van der Waals surface area (Å²) in [6.45, 7) is 8.16. The molecule has 1 fully saturated rings. The molecule has 1 heterocycles. The fourth-order valence-corrected chi connectivity index (χ4v) is 2.26. The van der Waals surface area contributed by atoms with Crippen molar-refractivity contribution < 1.29 is 14.4 Å². The van der Waals surface area contributed by atoms with E-state index in [2.05, 4.69) is 20.8 Å². The Morgan fingerprint density at radius 1 is 1.39 bits per heavy atom. The van der Waals surface area contributed by atoms with E-state index in [9.17, 15) is 9.90 Å². The van der Waals surface area contributed by atoms with Gasteiger partial charge in [0.2, 0.25) is 5.89 Å². The van der Waals surface area contributed by atoms with Crippen LogP contribution in [-0.4, -0.2) is 33.9 Å². The van der Waals surface area contributed by atoms with Gasteiger partial charge < -0.3 is 20.3 Å². The van der Waals surface area contributed by atoms with Gasteiger partial charge in [-0.05, 0) is 24.7 Å². The Hall–Kier alpha value is -1.63. The largest absolute Gasteiger partial charge is 0.391 e. The van der Waals surface area contributed by atoms with Crippen molar-refractivity contribution in [2.45, 2.75) is 65.0 Å². The summed E-state index contributed by atoms with van der Waals surface area (Å²) in [5.41, 5.74) is 0. The molecule has 7 nitrogen and oxygen atoms in total. The van der Waals surface area contributed by atoms with Gasteiger partial charge in [0.05, 0.1) is 6.10 Å².